The molecular formula is C25H18N2. The molecule has 27 heavy (non-hydrogen) atoms. The van der Waals surface area contributed by atoms with E-state index in [0.717, 1.165) is 6.42 Å². The van der Waals surface area contributed by atoms with Crippen LogP contribution in [-0.2, 0) is 0 Å². The Hall–Kier alpha value is -3.52. The van der Waals surface area contributed by atoms with Gasteiger partial charge < -0.3 is 9.55 Å². The van der Waals surface area contributed by atoms with Gasteiger partial charge in [0.15, 0.2) is 0 Å². The van der Waals surface area contributed by atoms with Crippen LogP contribution in [0.4, 0.5) is 0 Å². The van der Waals surface area contributed by atoms with Gasteiger partial charge in [-0.15, -0.1) is 0 Å². The van der Waals surface area contributed by atoms with Crippen molar-refractivity contribution in [1.82, 2.24) is 9.55 Å². The van der Waals surface area contributed by atoms with Crippen LogP contribution in [0.15, 0.2) is 78.9 Å². The first-order chi connectivity index (χ1) is 13.4. The van der Waals surface area contributed by atoms with Gasteiger partial charge in [0.05, 0.1) is 11.2 Å². The van der Waals surface area contributed by atoms with Crippen molar-refractivity contribution >= 4 is 44.9 Å². The quantitative estimate of drug-likeness (QED) is 0.349. The van der Waals surface area contributed by atoms with E-state index in [4.69, 9.17) is 0 Å². The third kappa shape index (κ3) is 2.07. The zero-order valence-electron chi connectivity index (χ0n) is 14.8. The molecule has 5 aromatic rings. The van der Waals surface area contributed by atoms with E-state index in [1.807, 2.05) is 0 Å². The summed E-state index contributed by atoms with van der Waals surface area (Å²) >= 11 is 0. The highest BCUT2D eigenvalue weighted by molar-refractivity contribution is 6.08. The standard InChI is InChI=1S/C25H18N2/c1-2-9-19-20-10-5-7-13-25(20)27(24(19)12-3-1)17-14-15-23-21(16-17)18-8-4-6-11-22(18)26-23/h2-16,26H,1H2. The molecule has 2 nitrogen and oxygen atoms in total. The van der Waals surface area contributed by atoms with E-state index >= 15 is 0 Å². The van der Waals surface area contributed by atoms with E-state index in [1.165, 1.54) is 49.7 Å². The van der Waals surface area contributed by atoms with Crippen molar-refractivity contribution in [3.05, 3.63) is 90.1 Å². The van der Waals surface area contributed by atoms with Crippen molar-refractivity contribution in [3.8, 4) is 5.69 Å². The fraction of sp³-hybridized carbons (Fsp3) is 0.0400. The normalized spacial score (nSPS) is 13.5. The maximum absolute atomic E-state index is 3.53. The number of rotatable bonds is 1. The first kappa shape index (κ1) is 14.6. The van der Waals surface area contributed by atoms with E-state index < -0.39 is 0 Å². The van der Waals surface area contributed by atoms with Gasteiger partial charge in [-0.1, -0.05) is 54.6 Å². The smallest absolute Gasteiger partial charge is 0.0541 e. The summed E-state index contributed by atoms with van der Waals surface area (Å²) in [6.45, 7) is 0. The summed E-state index contributed by atoms with van der Waals surface area (Å²) in [4.78, 5) is 3.53. The number of H-pyrrole nitrogens is 1. The maximum atomic E-state index is 3.53. The van der Waals surface area contributed by atoms with Crippen LogP contribution >= 0.6 is 0 Å². The molecule has 2 heteroatoms. The molecule has 2 heterocycles. The highest BCUT2D eigenvalue weighted by Crippen LogP contribution is 2.35. The summed E-state index contributed by atoms with van der Waals surface area (Å²) in [6, 6.07) is 23.9. The van der Waals surface area contributed by atoms with Crippen LogP contribution in [0.1, 0.15) is 17.7 Å². The van der Waals surface area contributed by atoms with Crippen LogP contribution in [0.5, 0.6) is 0 Å². The number of nitrogens with one attached hydrogen (secondary N) is 1. The Kier molecular flexibility index (Phi) is 2.97. The molecule has 1 aliphatic rings. The van der Waals surface area contributed by atoms with Gasteiger partial charge in [0.25, 0.3) is 0 Å². The third-order valence-corrected chi connectivity index (χ3v) is 5.53. The molecule has 0 bridgehead atoms. The molecule has 0 amide bonds. The van der Waals surface area contributed by atoms with E-state index in [9.17, 15) is 0 Å². The summed E-state index contributed by atoms with van der Waals surface area (Å²) in [5.41, 5.74) is 7.37. The molecule has 0 aliphatic heterocycles. The Bertz CT molecular complexity index is 1390. The lowest BCUT2D eigenvalue weighted by Gasteiger charge is -2.09. The van der Waals surface area contributed by atoms with E-state index in [1.54, 1.807) is 0 Å². The van der Waals surface area contributed by atoms with Crippen LogP contribution in [-0.4, -0.2) is 9.55 Å². The van der Waals surface area contributed by atoms with Gasteiger partial charge in [-0.25, -0.2) is 0 Å². The Morgan fingerprint density at radius 1 is 0.704 bits per heavy atom. The van der Waals surface area contributed by atoms with Gasteiger partial charge in [-0.05, 0) is 42.8 Å². The first-order valence-electron chi connectivity index (χ1n) is 9.37. The predicted octanol–water partition coefficient (Wildman–Crippen LogP) is 6.70. The Morgan fingerprint density at radius 2 is 1.48 bits per heavy atom. The van der Waals surface area contributed by atoms with Gasteiger partial charge in [-0.2, -0.15) is 0 Å². The fourth-order valence-electron chi connectivity index (χ4n) is 4.32. The lowest BCUT2D eigenvalue weighted by molar-refractivity contribution is 1.11. The molecule has 0 saturated heterocycles. The number of allylic oxidation sites excluding steroid dienone is 2. The Morgan fingerprint density at radius 3 is 2.44 bits per heavy atom. The highest BCUT2D eigenvalue weighted by Gasteiger charge is 2.16. The second kappa shape index (κ2) is 5.49. The third-order valence-electron chi connectivity index (χ3n) is 5.53. The van der Waals surface area contributed by atoms with Gasteiger partial charge >= 0.3 is 0 Å². The molecule has 0 atom stereocenters. The molecule has 0 radical (unpaired) electrons. The van der Waals surface area contributed by atoms with E-state index in [-0.39, 0.29) is 0 Å². The molecule has 0 fully saturated rings. The number of benzene rings is 3. The van der Waals surface area contributed by atoms with Crippen LogP contribution in [0.3, 0.4) is 0 Å². The number of hydrogen-bond donors (Lipinski definition) is 1. The second-order valence-corrected chi connectivity index (χ2v) is 7.09. The lowest BCUT2D eigenvalue weighted by Crippen LogP contribution is -1.96. The van der Waals surface area contributed by atoms with Gasteiger partial charge in [0.1, 0.15) is 0 Å². The molecule has 1 N–H and O–H groups in total. The van der Waals surface area contributed by atoms with Crippen LogP contribution in [0.25, 0.3) is 50.5 Å². The average molecular weight is 346 g/mol. The summed E-state index contributed by atoms with van der Waals surface area (Å²) in [6.07, 6.45) is 9.97. The minimum absolute atomic E-state index is 0.977. The monoisotopic (exact) mass is 346 g/mol. The van der Waals surface area contributed by atoms with Gasteiger partial charge in [0, 0.05) is 38.4 Å². The topological polar surface area (TPSA) is 20.7 Å². The van der Waals surface area contributed by atoms with Crippen molar-refractivity contribution in [2.75, 3.05) is 0 Å². The number of para-hydroxylation sites is 2. The van der Waals surface area contributed by atoms with Crippen molar-refractivity contribution in [2.45, 2.75) is 6.42 Å². The minimum Gasteiger partial charge on any atom is -0.355 e. The van der Waals surface area contributed by atoms with Crippen molar-refractivity contribution < 1.29 is 0 Å². The molecule has 0 unspecified atom stereocenters. The summed E-state index contributed by atoms with van der Waals surface area (Å²) in [5, 5.41) is 3.84. The SMILES string of the molecule is C1=Cc2c(n(-c3ccc4[nH]c5ccccc5c4c3)c3ccccc23)C=CC1. The number of aromatic nitrogens is 2. The largest absolute Gasteiger partial charge is 0.355 e. The van der Waals surface area contributed by atoms with Crippen molar-refractivity contribution in [3.63, 3.8) is 0 Å². The summed E-state index contributed by atoms with van der Waals surface area (Å²) in [7, 11) is 0. The van der Waals surface area contributed by atoms with E-state index in [0.29, 0.717) is 0 Å². The second-order valence-electron chi connectivity index (χ2n) is 7.09. The molecular weight excluding hydrogens is 328 g/mol. The Labute approximate surface area is 157 Å². The van der Waals surface area contributed by atoms with Crippen LogP contribution in [0, 0.1) is 0 Å². The zero-order chi connectivity index (χ0) is 17.8. The van der Waals surface area contributed by atoms with Crippen LogP contribution in [0.2, 0.25) is 0 Å². The molecule has 6 rings (SSSR count). The van der Waals surface area contributed by atoms with Crippen molar-refractivity contribution in [2.24, 2.45) is 0 Å². The predicted molar refractivity (Wildman–Crippen MR) is 115 cm³/mol. The van der Waals surface area contributed by atoms with Gasteiger partial charge in [0.2, 0.25) is 0 Å². The minimum atomic E-state index is 0.977. The highest BCUT2D eigenvalue weighted by atomic mass is 15.0. The average Bonchev–Trinajstić information content (AvgIpc) is 3.12. The first-order valence-corrected chi connectivity index (χ1v) is 9.37. The summed E-state index contributed by atoms with van der Waals surface area (Å²) < 4.78 is 2.39. The number of nitrogens with zero attached hydrogens (tertiary/aromatic N) is 1. The van der Waals surface area contributed by atoms with Crippen molar-refractivity contribution in [1.29, 1.82) is 0 Å². The lowest BCUT2D eigenvalue weighted by atomic mass is 10.1. The molecule has 0 saturated carbocycles. The van der Waals surface area contributed by atoms with E-state index in [2.05, 4.69) is 101 Å². The zero-order valence-corrected chi connectivity index (χ0v) is 14.8. The fourth-order valence-corrected chi connectivity index (χ4v) is 4.32. The maximum Gasteiger partial charge on any atom is 0.0541 e. The summed E-state index contributed by atoms with van der Waals surface area (Å²) in [5.74, 6) is 0. The molecule has 2 aromatic heterocycles. The Balaban J connectivity index is 1.72. The molecule has 128 valence electrons. The van der Waals surface area contributed by atoms with Crippen LogP contribution < -0.4 is 0 Å². The van der Waals surface area contributed by atoms with Gasteiger partial charge in [-0.3, -0.25) is 0 Å². The number of hydrogen-bond acceptors (Lipinski definition) is 0. The molecule has 0 spiro atoms. The molecule has 1 aliphatic carbocycles. The number of fused-ring (bicyclic) bond motifs is 6. The molecule has 3 aromatic carbocycles. The number of aromatic amines is 1.